The van der Waals surface area contributed by atoms with Crippen molar-refractivity contribution < 1.29 is 19.2 Å². The fraction of sp³-hybridized carbons (Fsp3) is 0.185. The van der Waals surface area contributed by atoms with Crippen molar-refractivity contribution in [3.8, 4) is 0 Å². The lowest BCUT2D eigenvalue weighted by Crippen LogP contribution is -2.39. The molecule has 1 heterocycles. The van der Waals surface area contributed by atoms with Crippen molar-refractivity contribution in [2.45, 2.75) is 25.4 Å². The number of urea groups is 1. The molecule has 1 saturated heterocycles. The molecule has 1 aliphatic rings. The Labute approximate surface area is 203 Å². The van der Waals surface area contributed by atoms with Gasteiger partial charge in [-0.25, -0.2) is 4.79 Å². The lowest BCUT2D eigenvalue weighted by atomic mass is 10.1. The van der Waals surface area contributed by atoms with Crippen LogP contribution >= 0.6 is 0 Å². The number of hydrogen-bond acceptors (Lipinski definition) is 4. The first-order chi connectivity index (χ1) is 16.9. The van der Waals surface area contributed by atoms with Gasteiger partial charge in [-0.3, -0.25) is 19.3 Å². The van der Waals surface area contributed by atoms with Gasteiger partial charge in [0.2, 0.25) is 5.91 Å². The number of carbonyl (C=O) groups is 4. The Balaban J connectivity index is 1.39. The molecular weight excluding hydrogens is 444 g/mol. The average Bonchev–Trinajstić information content (AvgIpc) is 3.12. The third-order valence-corrected chi connectivity index (χ3v) is 5.78. The highest BCUT2D eigenvalue weighted by atomic mass is 16.2. The second-order valence-electron chi connectivity index (χ2n) is 8.32. The first kappa shape index (κ1) is 23.7. The molecule has 3 aromatic carbocycles. The number of carbonyl (C=O) groups excluding carboxylic acids is 4. The number of benzene rings is 3. The van der Waals surface area contributed by atoms with Crippen LogP contribution in [0.3, 0.4) is 0 Å². The fourth-order valence-electron chi connectivity index (χ4n) is 3.94. The maximum atomic E-state index is 12.9. The van der Waals surface area contributed by atoms with Crippen LogP contribution in [0.1, 0.15) is 34.5 Å². The standard InChI is InChI=1S/C27H26N4O4/c1-18(20-12-6-3-7-13-20)28-25(33)21-14-8-9-15-22(21)29-24(32)17-31-26(34)23(30-27(31)35)16-19-10-4-2-5-11-19/h2-15,18,23H,16-17H2,1H3,(H,28,33)(H,29,32)(H,30,35)/t18-,23-/m1/s1. The molecule has 178 valence electrons. The Morgan fingerprint density at radius 3 is 2.26 bits per heavy atom. The molecular formula is C27H26N4O4. The van der Waals surface area contributed by atoms with Crippen molar-refractivity contribution in [3.05, 3.63) is 102 Å². The lowest BCUT2D eigenvalue weighted by Gasteiger charge is -2.17. The van der Waals surface area contributed by atoms with E-state index >= 15 is 0 Å². The molecule has 3 N–H and O–H groups in total. The van der Waals surface area contributed by atoms with E-state index in [4.69, 9.17) is 0 Å². The highest BCUT2D eigenvalue weighted by Gasteiger charge is 2.38. The second-order valence-corrected chi connectivity index (χ2v) is 8.32. The summed E-state index contributed by atoms with van der Waals surface area (Å²) in [5.41, 5.74) is 2.43. The van der Waals surface area contributed by atoms with Gasteiger partial charge in [0, 0.05) is 6.42 Å². The molecule has 0 aromatic heterocycles. The van der Waals surface area contributed by atoms with Crippen LogP contribution < -0.4 is 16.0 Å². The largest absolute Gasteiger partial charge is 0.345 e. The average molecular weight is 471 g/mol. The number of para-hydroxylation sites is 1. The van der Waals surface area contributed by atoms with Crippen molar-refractivity contribution in [2.75, 3.05) is 11.9 Å². The zero-order valence-corrected chi connectivity index (χ0v) is 19.2. The molecule has 0 saturated carbocycles. The first-order valence-electron chi connectivity index (χ1n) is 11.3. The van der Waals surface area contributed by atoms with Gasteiger partial charge in [0.25, 0.3) is 11.8 Å². The van der Waals surface area contributed by atoms with Gasteiger partial charge in [-0.1, -0.05) is 72.8 Å². The first-order valence-corrected chi connectivity index (χ1v) is 11.3. The monoisotopic (exact) mass is 470 g/mol. The predicted octanol–water partition coefficient (Wildman–Crippen LogP) is 3.28. The minimum atomic E-state index is -0.727. The van der Waals surface area contributed by atoms with E-state index in [1.807, 2.05) is 67.6 Å². The van der Waals surface area contributed by atoms with Crippen molar-refractivity contribution in [1.29, 1.82) is 0 Å². The normalized spacial score (nSPS) is 15.9. The quantitative estimate of drug-likeness (QED) is 0.439. The lowest BCUT2D eigenvalue weighted by molar-refractivity contribution is -0.130. The Kier molecular flexibility index (Phi) is 7.21. The van der Waals surface area contributed by atoms with Gasteiger partial charge in [0.15, 0.2) is 0 Å². The number of rotatable bonds is 8. The number of hydrogen-bond donors (Lipinski definition) is 3. The zero-order valence-electron chi connectivity index (χ0n) is 19.2. The van der Waals surface area contributed by atoms with Gasteiger partial charge in [0.1, 0.15) is 12.6 Å². The molecule has 8 heteroatoms. The Morgan fingerprint density at radius 2 is 1.54 bits per heavy atom. The summed E-state index contributed by atoms with van der Waals surface area (Å²) in [6.45, 7) is 1.42. The van der Waals surface area contributed by atoms with E-state index in [1.54, 1.807) is 24.3 Å². The summed E-state index contributed by atoms with van der Waals surface area (Å²) < 4.78 is 0. The number of amides is 5. The van der Waals surface area contributed by atoms with E-state index in [2.05, 4.69) is 16.0 Å². The Bertz CT molecular complexity index is 1230. The zero-order chi connectivity index (χ0) is 24.8. The molecule has 0 radical (unpaired) electrons. The number of nitrogens with one attached hydrogen (secondary N) is 3. The van der Waals surface area contributed by atoms with Gasteiger partial charge in [-0.2, -0.15) is 0 Å². The van der Waals surface area contributed by atoms with Gasteiger partial charge < -0.3 is 16.0 Å². The summed E-state index contributed by atoms with van der Waals surface area (Å²) in [5.74, 6) is -1.39. The SMILES string of the molecule is C[C@@H](NC(=O)c1ccccc1NC(=O)CN1C(=O)N[C@H](Cc2ccccc2)C1=O)c1ccccc1. The van der Waals surface area contributed by atoms with Crippen LogP contribution in [0, 0.1) is 0 Å². The van der Waals surface area contributed by atoms with E-state index in [1.165, 1.54) is 0 Å². The van der Waals surface area contributed by atoms with Crippen LogP contribution in [-0.4, -0.2) is 41.2 Å². The summed E-state index contributed by atoms with van der Waals surface area (Å²) in [6.07, 6.45) is 0.339. The van der Waals surface area contributed by atoms with Crippen molar-refractivity contribution in [3.63, 3.8) is 0 Å². The molecule has 0 aliphatic carbocycles. The molecule has 1 fully saturated rings. The predicted molar refractivity (Wildman–Crippen MR) is 132 cm³/mol. The van der Waals surface area contributed by atoms with Gasteiger partial charge in [0.05, 0.1) is 17.3 Å². The van der Waals surface area contributed by atoms with Gasteiger partial charge >= 0.3 is 6.03 Å². The van der Waals surface area contributed by atoms with E-state index in [-0.39, 0.29) is 17.5 Å². The van der Waals surface area contributed by atoms with Crippen LogP contribution in [-0.2, 0) is 16.0 Å². The second kappa shape index (κ2) is 10.6. The third-order valence-electron chi connectivity index (χ3n) is 5.78. The van der Waals surface area contributed by atoms with Crippen LogP contribution in [0.4, 0.5) is 10.5 Å². The van der Waals surface area contributed by atoms with Crippen LogP contribution in [0.15, 0.2) is 84.9 Å². The molecule has 0 bridgehead atoms. The van der Waals surface area contributed by atoms with Gasteiger partial charge in [-0.05, 0) is 30.2 Å². The molecule has 3 aromatic rings. The number of imide groups is 1. The summed E-state index contributed by atoms with van der Waals surface area (Å²) in [5, 5.41) is 8.22. The molecule has 0 spiro atoms. The minimum absolute atomic E-state index is 0.236. The molecule has 2 atom stereocenters. The maximum absolute atomic E-state index is 12.9. The van der Waals surface area contributed by atoms with E-state index in [9.17, 15) is 19.2 Å². The molecule has 1 aliphatic heterocycles. The summed E-state index contributed by atoms with van der Waals surface area (Å²) in [7, 11) is 0. The molecule has 4 rings (SSSR count). The third kappa shape index (κ3) is 5.73. The van der Waals surface area contributed by atoms with Crippen molar-refractivity contribution in [2.24, 2.45) is 0 Å². The summed E-state index contributed by atoms with van der Waals surface area (Å²) >= 11 is 0. The number of nitrogens with zero attached hydrogens (tertiary/aromatic N) is 1. The van der Waals surface area contributed by atoms with Crippen molar-refractivity contribution in [1.82, 2.24) is 15.5 Å². The summed E-state index contributed by atoms with van der Waals surface area (Å²) in [4.78, 5) is 51.6. The van der Waals surface area contributed by atoms with Gasteiger partial charge in [-0.15, -0.1) is 0 Å². The highest BCUT2D eigenvalue weighted by molar-refractivity contribution is 6.09. The summed E-state index contributed by atoms with van der Waals surface area (Å²) in [6, 6.07) is 23.9. The van der Waals surface area contributed by atoms with E-state index < -0.39 is 30.4 Å². The maximum Gasteiger partial charge on any atom is 0.325 e. The van der Waals surface area contributed by atoms with Crippen LogP contribution in [0.5, 0.6) is 0 Å². The molecule has 35 heavy (non-hydrogen) atoms. The minimum Gasteiger partial charge on any atom is -0.345 e. The highest BCUT2D eigenvalue weighted by Crippen LogP contribution is 2.19. The Hall–Kier alpha value is -4.46. The number of anilines is 1. The molecule has 8 nitrogen and oxygen atoms in total. The fourth-order valence-corrected chi connectivity index (χ4v) is 3.94. The van der Waals surface area contributed by atoms with Crippen LogP contribution in [0.25, 0.3) is 0 Å². The van der Waals surface area contributed by atoms with Crippen LogP contribution in [0.2, 0.25) is 0 Å². The topological polar surface area (TPSA) is 108 Å². The van der Waals surface area contributed by atoms with E-state index in [0.717, 1.165) is 16.0 Å². The van der Waals surface area contributed by atoms with E-state index in [0.29, 0.717) is 12.1 Å². The van der Waals surface area contributed by atoms with Crippen molar-refractivity contribution >= 4 is 29.4 Å². The molecule has 0 unspecified atom stereocenters. The Morgan fingerprint density at radius 1 is 0.914 bits per heavy atom. The molecule has 5 amide bonds. The smallest absolute Gasteiger partial charge is 0.325 e.